The van der Waals surface area contributed by atoms with Crippen LogP contribution in [-0.4, -0.2) is 4.98 Å². The van der Waals surface area contributed by atoms with Crippen molar-refractivity contribution < 1.29 is 4.57 Å². The Morgan fingerprint density at radius 2 is 2.00 bits per heavy atom. The van der Waals surface area contributed by atoms with Crippen molar-refractivity contribution in [2.75, 3.05) is 0 Å². The van der Waals surface area contributed by atoms with Crippen molar-refractivity contribution in [3.63, 3.8) is 0 Å². The Labute approximate surface area is 84.2 Å². The van der Waals surface area contributed by atoms with Crippen LogP contribution < -0.4 is 4.57 Å². The summed E-state index contributed by atoms with van der Waals surface area (Å²) in [6, 6.07) is 10.6. The summed E-state index contributed by atoms with van der Waals surface area (Å²) in [4.78, 5) is 3.17. The molecule has 0 atom stereocenters. The Hall–Kier alpha value is -1.57. The van der Waals surface area contributed by atoms with Crippen molar-refractivity contribution in [2.24, 2.45) is 0 Å². The van der Waals surface area contributed by atoms with Gasteiger partial charge in [-0.25, -0.2) is 9.55 Å². The number of nitrogens with one attached hydrogen (secondary N) is 1. The zero-order chi connectivity index (χ0) is 9.80. The molecule has 1 aromatic heterocycles. The first-order valence-corrected chi connectivity index (χ1v) is 4.93. The van der Waals surface area contributed by atoms with E-state index in [-0.39, 0.29) is 0 Å². The lowest BCUT2D eigenvalue weighted by atomic mass is 10.1. The van der Waals surface area contributed by atoms with Gasteiger partial charge >= 0.3 is 0 Å². The average Bonchev–Trinajstić information content (AvgIpc) is 2.63. The smallest absolute Gasteiger partial charge is 0.248 e. The van der Waals surface area contributed by atoms with Gasteiger partial charge in [-0.2, -0.15) is 0 Å². The number of imidazole rings is 1. The minimum atomic E-state index is 1.04. The van der Waals surface area contributed by atoms with E-state index in [0.717, 1.165) is 13.0 Å². The monoisotopic (exact) mass is 187 g/mol. The fraction of sp³-hybridized carbons (Fsp3) is 0.250. The first-order valence-electron chi connectivity index (χ1n) is 4.93. The zero-order valence-corrected chi connectivity index (χ0v) is 8.40. The van der Waals surface area contributed by atoms with E-state index in [0.29, 0.717) is 0 Å². The predicted octanol–water partition coefficient (Wildman–Crippen LogP) is 1.85. The highest BCUT2D eigenvalue weighted by molar-refractivity contribution is 5.14. The Morgan fingerprint density at radius 3 is 2.64 bits per heavy atom. The molecule has 1 N–H and O–H groups in total. The largest absolute Gasteiger partial charge is 0.251 e. The lowest BCUT2D eigenvalue weighted by Gasteiger charge is -1.99. The van der Waals surface area contributed by atoms with E-state index in [1.54, 1.807) is 0 Å². The number of hydrogen-bond donors (Lipinski definition) is 1. The normalized spacial score (nSPS) is 10.4. The van der Waals surface area contributed by atoms with Gasteiger partial charge in [0.2, 0.25) is 0 Å². The summed E-state index contributed by atoms with van der Waals surface area (Å²) < 4.78 is 2.23. The van der Waals surface area contributed by atoms with Gasteiger partial charge in [-0.1, -0.05) is 30.3 Å². The summed E-state index contributed by atoms with van der Waals surface area (Å²) in [6.45, 7) is 3.13. The molecular formula is C12H15N2+. The number of benzene rings is 1. The minimum Gasteiger partial charge on any atom is -0.248 e. The third-order valence-corrected chi connectivity index (χ3v) is 2.46. The van der Waals surface area contributed by atoms with Gasteiger partial charge in [-0.3, -0.25) is 0 Å². The van der Waals surface area contributed by atoms with Gasteiger partial charge in [0.05, 0.1) is 6.54 Å². The Morgan fingerprint density at radius 1 is 1.21 bits per heavy atom. The first-order chi connectivity index (χ1) is 6.86. The van der Waals surface area contributed by atoms with E-state index in [1.165, 1.54) is 11.4 Å². The molecule has 1 aromatic carbocycles. The quantitative estimate of drug-likeness (QED) is 0.708. The van der Waals surface area contributed by atoms with Crippen molar-refractivity contribution in [3.05, 3.63) is 54.1 Å². The van der Waals surface area contributed by atoms with Gasteiger partial charge < -0.3 is 0 Å². The summed E-state index contributed by atoms with van der Waals surface area (Å²) >= 11 is 0. The van der Waals surface area contributed by atoms with E-state index in [2.05, 4.69) is 53.0 Å². The first kappa shape index (κ1) is 9.00. The zero-order valence-electron chi connectivity index (χ0n) is 8.40. The van der Waals surface area contributed by atoms with Gasteiger partial charge in [0.15, 0.2) is 0 Å². The third kappa shape index (κ3) is 2.02. The number of aryl methyl sites for hydroxylation is 3. The molecule has 0 aliphatic rings. The van der Waals surface area contributed by atoms with E-state index in [4.69, 9.17) is 0 Å². The van der Waals surface area contributed by atoms with E-state index < -0.39 is 0 Å². The Kier molecular flexibility index (Phi) is 2.63. The van der Waals surface area contributed by atoms with Crippen LogP contribution in [0.25, 0.3) is 0 Å². The fourth-order valence-electron chi connectivity index (χ4n) is 1.58. The van der Waals surface area contributed by atoms with Crippen molar-refractivity contribution in [2.45, 2.75) is 19.9 Å². The Bertz CT molecular complexity index is 390. The van der Waals surface area contributed by atoms with Gasteiger partial charge in [-0.05, 0) is 5.56 Å². The van der Waals surface area contributed by atoms with Crippen LogP contribution in [0.3, 0.4) is 0 Å². The molecule has 0 spiro atoms. The highest BCUT2D eigenvalue weighted by Gasteiger charge is 2.03. The van der Waals surface area contributed by atoms with Gasteiger partial charge in [0.25, 0.3) is 5.82 Å². The maximum absolute atomic E-state index is 3.17. The second-order valence-electron chi connectivity index (χ2n) is 3.47. The highest BCUT2D eigenvalue weighted by atomic mass is 15.0. The topological polar surface area (TPSA) is 19.7 Å². The van der Waals surface area contributed by atoms with Crippen LogP contribution in [0.15, 0.2) is 42.7 Å². The average molecular weight is 187 g/mol. The third-order valence-electron chi connectivity index (χ3n) is 2.46. The second kappa shape index (κ2) is 4.09. The summed E-state index contributed by atoms with van der Waals surface area (Å²) in [5, 5.41) is 0. The molecule has 0 radical (unpaired) electrons. The SMILES string of the molecule is Cc1[nH]cc[n+]1CCc1ccccc1. The molecule has 0 bridgehead atoms. The summed E-state index contributed by atoms with van der Waals surface area (Å²) in [6.07, 6.45) is 5.14. The molecular weight excluding hydrogens is 172 g/mol. The predicted molar refractivity (Wildman–Crippen MR) is 55.9 cm³/mol. The molecule has 0 amide bonds. The van der Waals surface area contributed by atoms with Crippen LogP contribution in [0, 0.1) is 6.92 Å². The van der Waals surface area contributed by atoms with Crippen LogP contribution in [0.5, 0.6) is 0 Å². The molecule has 2 heteroatoms. The summed E-state index contributed by atoms with van der Waals surface area (Å²) in [5.74, 6) is 1.21. The number of hydrogen-bond acceptors (Lipinski definition) is 0. The molecule has 14 heavy (non-hydrogen) atoms. The standard InChI is InChI=1S/C12H14N2/c1-11-13-8-10-14(11)9-7-12-5-3-2-4-6-12/h2-6,8,10H,7,9H2,1H3/p+1. The molecule has 2 aromatic rings. The summed E-state index contributed by atoms with van der Waals surface area (Å²) in [7, 11) is 0. The molecule has 2 nitrogen and oxygen atoms in total. The van der Waals surface area contributed by atoms with E-state index in [9.17, 15) is 0 Å². The number of aromatic amines is 1. The number of aromatic nitrogens is 2. The lowest BCUT2D eigenvalue weighted by Crippen LogP contribution is -2.35. The van der Waals surface area contributed by atoms with Crippen LogP contribution in [-0.2, 0) is 13.0 Å². The lowest BCUT2D eigenvalue weighted by molar-refractivity contribution is -0.701. The number of rotatable bonds is 3. The molecule has 0 aliphatic heterocycles. The van der Waals surface area contributed by atoms with Crippen LogP contribution in [0.4, 0.5) is 0 Å². The van der Waals surface area contributed by atoms with Crippen LogP contribution in [0.2, 0.25) is 0 Å². The van der Waals surface area contributed by atoms with Gasteiger partial charge in [0.1, 0.15) is 12.4 Å². The maximum atomic E-state index is 3.17. The van der Waals surface area contributed by atoms with Gasteiger partial charge in [0, 0.05) is 13.3 Å². The van der Waals surface area contributed by atoms with Crippen molar-refractivity contribution in [1.29, 1.82) is 0 Å². The van der Waals surface area contributed by atoms with E-state index >= 15 is 0 Å². The van der Waals surface area contributed by atoms with Gasteiger partial charge in [-0.15, -0.1) is 0 Å². The molecule has 72 valence electrons. The second-order valence-corrected chi connectivity index (χ2v) is 3.47. The Balaban J connectivity index is 1.99. The molecule has 0 saturated carbocycles. The van der Waals surface area contributed by atoms with Crippen molar-refractivity contribution >= 4 is 0 Å². The molecule has 2 rings (SSSR count). The van der Waals surface area contributed by atoms with Crippen molar-refractivity contribution in [1.82, 2.24) is 4.98 Å². The van der Waals surface area contributed by atoms with Crippen LogP contribution in [0.1, 0.15) is 11.4 Å². The number of nitrogens with zero attached hydrogens (tertiary/aromatic N) is 1. The molecule has 1 heterocycles. The molecule has 0 fully saturated rings. The highest BCUT2D eigenvalue weighted by Crippen LogP contribution is 1.99. The number of H-pyrrole nitrogens is 1. The van der Waals surface area contributed by atoms with Crippen LogP contribution >= 0.6 is 0 Å². The van der Waals surface area contributed by atoms with E-state index in [1.807, 2.05) is 6.20 Å². The fourth-order valence-corrected chi connectivity index (χ4v) is 1.58. The summed E-state index contributed by atoms with van der Waals surface area (Å²) in [5.41, 5.74) is 1.39. The maximum Gasteiger partial charge on any atom is 0.251 e. The molecule has 0 unspecified atom stereocenters. The molecule has 0 aliphatic carbocycles. The molecule has 0 saturated heterocycles. The van der Waals surface area contributed by atoms with Crippen molar-refractivity contribution in [3.8, 4) is 0 Å². The minimum absolute atomic E-state index is 1.04.